The number of benzene rings is 1. The van der Waals surface area contributed by atoms with Gasteiger partial charge in [-0.1, -0.05) is 18.7 Å². The van der Waals surface area contributed by atoms with Crippen LogP contribution in [0.15, 0.2) is 55.3 Å². The van der Waals surface area contributed by atoms with E-state index in [9.17, 15) is 18.0 Å². The lowest BCUT2D eigenvalue weighted by molar-refractivity contribution is -0.137. The van der Waals surface area contributed by atoms with E-state index in [1.807, 2.05) is 0 Å². The molecule has 2 aromatic rings. The van der Waals surface area contributed by atoms with Crippen molar-refractivity contribution in [2.24, 2.45) is 0 Å². The Balaban J connectivity index is 2.19. The Labute approximate surface area is 119 Å². The van der Waals surface area contributed by atoms with Crippen molar-refractivity contribution >= 4 is 11.7 Å². The number of amides is 1. The number of hydrogen-bond acceptors (Lipinski definition) is 2. The highest BCUT2D eigenvalue weighted by atomic mass is 19.4. The minimum Gasteiger partial charge on any atom is -0.307 e. The molecule has 1 aromatic carbocycles. The number of alkyl halides is 3. The van der Waals surface area contributed by atoms with Gasteiger partial charge < -0.3 is 5.32 Å². The number of pyridine rings is 1. The molecule has 0 bridgehead atoms. The summed E-state index contributed by atoms with van der Waals surface area (Å²) < 4.78 is 37.4. The fraction of sp³-hybridized carbons (Fsp3) is 0.0667. The maximum absolute atomic E-state index is 12.5. The summed E-state index contributed by atoms with van der Waals surface area (Å²) in [6, 6.07) is 8.01. The van der Waals surface area contributed by atoms with Crippen LogP contribution in [0.1, 0.15) is 5.56 Å². The van der Waals surface area contributed by atoms with Crippen LogP contribution in [0, 0.1) is 0 Å². The molecule has 1 heterocycles. The standard InChI is InChI=1S/C15H11F3N2O/c1-2-14(21)20-13-8-5-11(9-19-13)10-3-6-12(7-4-10)15(16,17)18/h2-9H,1H2,(H,19,20,21). The summed E-state index contributed by atoms with van der Waals surface area (Å²) in [5.74, 6) is -0.0414. The molecule has 21 heavy (non-hydrogen) atoms. The molecule has 108 valence electrons. The van der Waals surface area contributed by atoms with Crippen molar-refractivity contribution in [2.75, 3.05) is 5.32 Å². The molecule has 0 aliphatic rings. The second-order valence-electron chi connectivity index (χ2n) is 4.20. The molecule has 1 amide bonds. The third kappa shape index (κ3) is 3.68. The number of carbonyl (C=O) groups is 1. The Morgan fingerprint density at radius 3 is 2.19 bits per heavy atom. The zero-order chi connectivity index (χ0) is 15.5. The van der Waals surface area contributed by atoms with Crippen LogP contribution in [0.25, 0.3) is 11.1 Å². The Morgan fingerprint density at radius 1 is 1.10 bits per heavy atom. The van der Waals surface area contributed by atoms with Crippen LogP contribution < -0.4 is 5.32 Å². The molecule has 0 saturated carbocycles. The van der Waals surface area contributed by atoms with Gasteiger partial charge >= 0.3 is 6.18 Å². The molecule has 6 heteroatoms. The largest absolute Gasteiger partial charge is 0.416 e. The van der Waals surface area contributed by atoms with Gasteiger partial charge in [-0.05, 0) is 35.9 Å². The van der Waals surface area contributed by atoms with E-state index in [1.165, 1.54) is 18.3 Å². The number of halogens is 3. The summed E-state index contributed by atoms with van der Waals surface area (Å²) in [5.41, 5.74) is 0.562. The fourth-order valence-corrected chi connectivity index (χ4v) is 1.67. The summed E-state index contributed by atoms with van der Waals surface area (Å²) in [6.07, 6.45) is -1.76. The summed E-state index contributed by atoms with van der Waals surface area (Å²) in [5, 5.41) is 2.48. The number of nitrogens with one attached hydrogen (secondary N) is 1. The van der Waals surface area contributed by atoms with Gasteiger partial charge in [-0.15, -0.1) is 0 Å². The predicted octanol–water partition coefficient (Wildman–Crippen LogP) is 3.89. The molecule has 0 radical (unpaired) electrons. The van der Waals surface area contributed by atoms with Crippen LogP contribution in [0.3, 0.4) is 0 Å². The number of hydrogen-bond donors (Lipinski definition) is 1. The molecule has 1 N–H and O–H groups in total. The monoisotopic (exact) mass is 292 g/mol. The quantitative estimate of drug-likeness (QED) is 0.872. The lowest BCUT2D eigenvalue weighted by Gasteiger charge is -2.08. The van der Waals surface area contributed by atoms with E-state index in [0.717, 1.165) is 18.2 Å². The van der Waals surface area contributed by atoms with Crippen LogP contribution in [-0.2, 0) is 11.0 Å². The van der Waals surface area contributed by atoms with Crippen LogP contribution in [-0.4, -0.2) is 10.9 Å². The SMILES string of the molecule is C=CC(=O)Nc1ccc(-c2ccc(C(F)(F)F)cc2)cn1. The Hall–Kier alpha value is -2.63. The van der Waals surface area contributed by atoms with Gasteiger partial charge in [-0.3, -0.25) is 4.79 Å². The van der Waals surface area contributed by atoms with Crippen molar-refractivity contribution < 1.29 is 18.0 Å². The highest BCUT2D eigenvalue weighted by Crippen LogP contribution is 2.30. The van der Waals surface area contributed by atoms with Crippen molar-refractivity contribution in [3.05, 3.63) is 60.8 Å². The summed E-state index contributed by atoms with van der Waals surface area (Å²) in [6.45, 7) is 3.32. The first kappa shape index (κ1) is 14.8. The van der Waals surface area contributed by atoms with Gasteiger partial charge in [0.2, 0.25) is 5.91 Å². The summed E-state index contributed by atoms with van der Waals surface area (Å²) in [4.78, 5) is 15.1. The maximum atomic E-state index is 12.5. The number of carbonyl (C=O) groups excluding carboxylic acids is 1. The Morgan fingerprint density at radius 2 is 1.71 bits per heavy atom. The first-order valence-electron chi connectivity index (χ1n) is 5.97. The van der Waals surface area contributed by atoms with Gasteiger partial charge in [0.1, 0.15) is 5.82 Å². The smallest absolute Gasteiger partial charge is 0.307 e. The fourth-order valence-electron chi connectivity index (χ4n) is 1.67. The van der Waals surface area contributed by atoms with Crippen molar-refractivity contribution in [3.8, 4) is 11.1 Å². The minimum atomic E-state index is -4.35. The molecule has 0 fully saturated rings. The molecule has 0 aliphatic heterocycles. The number of anilines is 1. The molecule has 0 saturated heterocycles. The van der Waals surface area contributed by atoms with Crippen LogP contribution >= 0.6 is 0 Å². The second-order valence-corrected chi connectivity index (χ2v) is 4.20. The van der Waals surface area contributed by atoms with Crippen molar-refractivity contribution in [1.82, 2.24) is 4.98 Å². The van der Waals surface area contributed by atoms with E-state index < -0.39 is 11.7 Å². The summed E-state index contributed by atoms with van der Waals surface area (Å²) >= 11 is 0. The minimum absolute atomic E-state index is 0.343. The first-order chi connectivity index (χ1) is 9.90. The van der Waals surface area contributed by atoms with Crippen molar-refractivity contribution in [2.45, 2.75) is 6.18 Å². The molecule has 2 rings (SSSR count). The van der Waals surface area contributed by atoms with E-state index in [0.29, 0.717) is 16.9 Å². The Bertz CT molecular complexity index is 646. The lowest BCUT2D eigenvalue weighted by Crippen LogP contribution is -2.08. The number of rotatable bonds is 3. The molecule has 0 aliphatic carbocycles. The van der Waals surface area contributed by atoms with Crippen LogP contribution in [0.4, 0.5) is 19.0 Å². The molecule has 0 unspecified atom stereocenters. The van der Waals surface area contributed by atoms with Gasteiger partial charge in [0.25, 0.3) is 0 Å². The van der Waals surface area contributed by atoms with E-state index in [4.69, 9.17) is 0 Å². The molecular weight excluding hydrogens is 281 g/mol. The first-order valence-corrected chi connectivity index (χ1v) is 5.97. The van der Waals surface area contributed by atoms with Crippen molar-refractivity contribution in [1.29, 1.82) is 0 Å². The van der Waals surface area contributed by atoms with E-state index in [1.54, 1.807) is 12.1 Å². The van der Waals surface area contributed by atoms with Crippen LogP contribution in [0.2, 0.25) is 0 Å². The average molecular weight is 292 g/mol. The van der Waals surface area contributed by atoms with Gasteiger partial charge in [-0.25, -0.2) is 4.98 Å². The topological polar surface area (TPSA) is 42.0 Å². The zero-order valence-electron chi connectivity index (χ0n) is 10.8. The van der Waals surface area contributed by atoms with Gasteiger partial charge in [-0.2, -0.15) is 13.2 Å². The molecule has 3 nitrogen and oxygen atoms in total. The van der Waals surface area contributed by atoms with E-state index >= 15 is 0 Å². The highest BCUT2D eigenvalue weighted by molar-refractivity contribution is 5.98. The molecular formula is C15H11F3N2O. The molecule has 0 spiro atoms. The lowest BCUT2D eigenvalue weighted by atomic mass is 10.1. The van der Waals surface area contributed by atoms with Gasteiger partial charge in [0, 0.05) is 11.8 Å². The van der Waals surface area contributed by atoms with Crippen molar-refractivity contribution in [3.63, 3.8) is 0 Å². The maximum Gasteiger partial charge on any atom is 0.416 e. The highest BCUT2D eigenvalue weighted by Gasteiger charge is 2.29. The third-order valence-corrected chi connectivity index (χ3v) is 2.75. The van der Waals surface area contributed by atoms with Gasteiger partial charge in [0.15, 0.2) is 0 Å². The molecule has 0 atom stereocenters. The predicted molar refractivity (Wildman–Crippen MR) is 73.5 cm³/mol. The average Bonchev–Trinajstić information content (AvgIpc) is 2.47. The van der Waals surface area contributed by atoms with Crippen LogP contribution in [0.5, 0.6) is 0 Å². The van der Waals surface area contributed by atoms with Gasteiger partial charge in [0.05, 0.1) is 5.56 Å². The Kier molecular flexibility index (Phi) is 4.07. The second kappa shape index (κ2) is 5.78. The number of nitrogens with zero attached hydrogens (tertiary/aromatic N) is 1. The third-order valence-electron chi connectivity index (χ3n) is 2.75. The zero-order valence-corrected chi connectivity index (χ0v) is 10.8. The molecule has 1 aromatic heterocycles. The van der Waals surface area contributed by atoms with E-state index in [-0.39, 0.29) is 5.91 Å². The van der Waals surface area contributed by atoms with E-state index in [2.05, 4.69) is 16.9 Å². The number of aromatic nitrogens is 1. The normalized spacial score (nSPS) is 11.0. The summed E-state index contributed by atoms with van der Waals surface area (Å²) in [7, 11) is 0.